The highest BCUT2D eigenvalue weighted by molar-refractivity contribution is 7.16. The van der Waals surface area contributed by atoms with E-state index in [1.54, 1.807) is 11.3 Å². The number of hydrogen-bond acceptors (Lipinski definition) is 3. The van der Waals surface area contributed by atoms with Crippen LogP contribution < -0.4 is 0 Å². The van der Waals surface area contributed by atoms with Gasteiger partial charge in [0.15, 0.2) is 0 Å². The van der Waals surface area contributed by atoms with Crippen LogP contribution in [0.3, 0.4) is 0 Å². The van der Waals surface area contributed by atoms with Gasteiger partial charge in [0.05, 0.1) is 16.7 Å². The third-order valence-corrected chi connectivity index (χ3v) is 8.74. The van der Waals surface area contributed by atoms with Crippen molar-refractivity contribution in [1.82, 2.24) is 14.5 Å². The molecule has 1 aliphatic carbocycles. The van der Waals surface area contributed by atoms with Crippen molar-refractivity contribution in [2.24, 2.45) is 0 Å². The minimum Gasteiger partial charge on any atom is -0.278 e. The van der Waals surface area contributed by atoms with Crippen LogP contribution in [0.25, 0.3) is 60.4 Å². The Kier molecular flexibility index (Phi) is 4.16. The Morgan fingerprint density at radius 3 is 2.05 bits per heavy atom. The van der Waals surface area contributed by atoms with Crippen LogP contribution >= 0.6 is 11.3 Å². The van der Waals surface area contributed by atoms with Crippen molar-refractivity contribution < 1.29 is 0 Å². The summed E-state index contributed by atoms with van der Waals surface area (Å²) in [6.07, 6.45) is 0. The maximum atomic E-state index is 5.35. The Morgan fingerprint density at radius 2 is 1.27 bits per heavy atom. The normalized spacial score (nSPS) is 13.9. The molecule has 3 aromatic heterocycles. The predicted octanol–water partition coefficient (Wildman–Crippen LogP) is 8.76. The van der Waals surface area contributed by atoms with E-state index in [4.69, 9.17) is 9.97 Å². The summed E-state index contributed by atoms with van der Waals surface area (Å²) in [4.78, 5) is 11.5. The molecule has 0 saturated heterocycles. The van der Waals surface area contributed by atoms with E-state index in [9.17, 15) is 0 Å². The number of rotatable bonds is 2. The summed E-state index contributed by atoms with van der Waals surface area (Å²) in [6.45, 7) is 4.67. The van der Waals surface area contributed by atoms with Gasteiger partial charge < -0.3 is 0 Å². The molecule has 0 radical (unpaired) electrons. The van der Waals surface area contributed by atoms with Crippen LogP contribution in [-0.4, -0.2) is 14.5 Å². The highest BCUT2D eigenvalue weighted by Crippen LogP contribution is 2.52. The lowest BCUT2D eigenvalue weighted by molar-refractivity contribution is 0.662. The molecule has 0 unspecified atom stereocenters. The first-order valence-electron chi connectivity index (χ1n) is 12.6. The number of thiophene rings is 1. The second-order valence-electron chi connectivity index (χ2n) is 10.3. The molecule has 0 amide bonds. The SMILES string of the molecule is CC1(C)c2ccccc2-c2cccc(-c3nc(-n4c5ccccc5c5ccccc54)nc4sccc34)c21. The zero-order valence-corrected chi connectivity index (χ0v) is 21.4. The van der Waals surface area contributed by atoms with Crippen molar-refractivity contribution in [3.63, 3.8) is 0 Å². The molecule has 4 aromatic carbocycles. The summed E-state index contributed by atoms with van der Waals surface area (Å²) >= 11 is 1.67. The van der Waals surface area contributed by atoms with Gasteiger partial charge in [-0.05, 0) is 45.8 Å². The number of nitrogens with zero attached hydrogens (tertiary/aromatic N) is 3. The fraction of sp³-hybridized carbons (Fsp3) is 0.0909. The van der Waals surface area contributed by atoms with Crippen molar-refractivity contribution in [3.8, 4) is 28.3 Å². The summed E-state index contributed by atoms with van der Waals surface area (Å²) in [6, 6.07) is 34.7. The molecule has 0 bridgehead atoms. The maximum absolute atomic E-state index is 5.35. The monoisotopic (exact) mass is 493 g/mol. The van der Waals surface area contributed by atoms with Crippen LogP contribution in [0.4, 0.5) is 0 Å². The molecule has 0 saturated carbocycles. The predicted molar refractivity (Wildman–Crippen MR) is 155 cm³/mol. The molecule has 176 valence electrons. The third-order valence-electron chi connectivity index (χ3n) is 7.93. The molecular weight excluding hydrogens is 470 g/mol. The first-order chi connectivity index (χ1) is 18.1. The third kappa shape index (κ3) is 2.76. The van der Waals surface area contributed by atoms with Gasteiger partial charge in [-0.1, -0.05) is 92.7 Å². The van der Waals surface area contributed by atoms with Gasteiger partial charge in [0.25, 0.3) is 0 Å². The van der Waals surface area contributed by atoms with Gasteiger partial charge in [0.2, 0.25) is 5.95 Å². The second kappa shape index (κ2) is 7.37. The molecule has 1 aliphatic rings. The Labute approximate surface area is 218 Å². The fourth-order valence-electron chi connectivity index (χ4n) is 6.33. The Morgan fingerprint density at radius 1 is 0.622 bits per heavy atom. The molecule has 37 heavy (non-hydrogen) atoms. The van der Waals surface area contributed by atoms with Crippen LogP contribution in [0.2, 0.25) is 0 Å². The summed E-state index contributed by atoms with van der Waals surface area (Å²) in [7, 11) is 0. The first kappa shape index (κ1) is 20.9. The molecule has 0 N–H and O–H groups in total. The lowest BCUT2D eigenvalue weighted by Crippen LogP contribution is -2.16. The van der Waals surface area contributed by atoms with Gasteiger partial charge in [0.1, 0.15) is 4.83 Å². The fourth-order valence-corrected chi connectivity index (χ4v) is 7.09. The van der Waals surface area contributed by atoms with E-state index in [2.05, 4.69) is 121 Å². The molecule has 3 nitrogen and oxygen atoms in total. The average Bonchev–Trinajstić information content (AvgIpc) is 3.60. The van der Waals surface area contributed by atoms with E-state index < -0.39 is 0 Å². The Bertz CT molecular complexity index is 1970. The first-order valence-corrected chi connectivity index (χ1v) is 13.5. The quantitative estimate of drug-likeness (QED) is 0.241. The molecule has 0 spiro atoms. The van der Waals surface area contributed by atoms with Gasteiger partial charge in [-0.25, -0.2) is 9.97 Å². The molecule has 0 fully saturated rings. The van der Waals surface area contributed by atoms with Gasteiger partial charge in [-0.15, -0.1) is 11.3 Å². The zero-order chi connectivity index (χ0) is 24.7. The van der Waals surface area contributed by atoms with E-state index in [1.165, 1.54) is 38.6 Å². The van der Waals surface area contributed by atoms with Crippen LogP contribution in [0.1, 0.15) is 25.0 Å². The Hall–Kier alpha value is -4.28. The van der Waals surface area contributed by atoms with Crippen molar-refractivity contribution in [2.45, 2.75) is 19.3 Å². The topological polar surface area (TPSA) is 30.7 Å². The Balaban J connectivity index is 1.46. The molecule has 7 aromatic rings. The summed E-state index contributed by atoms with van der Waals surface area (Å²) < 4.78 is 2.22. The summed E-state index contributed by atoms with van der Waals surface area (Å²) in [5.74, 6) is 0.716. The summed E-state index contributed by atoms with van der Waals surface area (Å²) in [5, 5.41) is 5.66. The highest BCUT2D eigenvalue weighted by atomic mass is 32.1. The second-order valence-corrected chi connectivity index (χ2v) is 11.2. The van der Waals surface area contributed by atoms with Crippen LogP contribution in [-0.2, 0) is 5.41 Å². The number of aromatic nitrogens is 3. The van der Waals surface area contributed by atoms with Crippen molar-refractivity contribution >= 4 is 43.4 Å². The van der Waals surface area contributed by atoms with Crippen LogP contribution in [0.15, 0.2) is 102 Å². The molecule has 8 rings (SSSR count). The molecule has 3 heterocycles. The minimum atomic E-state index is -0.122. The smallest absolute Gasteiger partial charge is 0.236 e. The van der Waals surface area contributed by atoms with Crippen molar-refractivity contribution in [1.29, 1.82) is 0 Å². The zero-order valence-electron chi connectivity index (χ0n) is 20.6. The average molecular weight is 494 g/mol. The molecule has 0 aliphatic heterocycles. The van der Waals surface area contributed by atoms with Gasteiger partial charge in [-0.2, -0.15) is 0 Å². The lowest BCUT2D eigenvalue weighted by Gasteiger charge is -2.24. The number of fused-ring (bicyclic) bond motifs is 7. The van der Waals surface area contributed by atoms with E-state index in [0.717, 1.165) is 26.9 Å². The van der Waals surface area contributed by atoms with Gasteiger partial charge >= 0.3 is 0 Å². The van der Waals surface area contributed by atoms with Gasteiger partial charge in [0, 0.05) is 27.1 Å². The molecule has 0 atom stereocenters. The largest absolute Gasteiger partial charge is 0.278 e. The lowest BCUT2D eigenvalue weighted by atomic mass is 9.79. The molecule has 4 heteroatoms. The molecular formula is C33H23N3S. The number of hydrogen-bond donors (Lipinski definition) is 0. The van der Waals surface area contributed by atoms with Crippen molar-refractivity contribution in [3.05, 3.63) is 114 Å². The van der Waals surface area contributed by atoms with Gasteiger partial charge in [-0.3, -0.25) is 4.57 Å². The van der Waals surface area contributed by atoms with E-state index in [-0.39, 0.29) is 5.41 Å². The highest BCUT2D eigenvalue weighted by Gasteiger charge is 2.38. The van der Waals surface area contributed by atoms with Crippen LogP contribution in [0, 0.1) is 0 Å². The van der Waals surface area contributed by atoms with E-state index in [0.29, 0.717) is 5.95 Å². The van der Waals surface area contributed by atoms with E-state index in [1.807, 2.05) is 0 Å². The minimum absolute atomic E-state index is 0.122. The number of para-hydroxylation sites is 2. The standard InChI is InChI=1S/C33H23N3S/c1-33(2)26-15-6-3-10-20(26)23-13-9-14-24(29(23)33)30-25-18-19-37-31(25)35-32(34-30)36-27-16-7-4-11-21(27)22-12-5-8-17-28(22)36/h3-19H,1-2H3. The van der Waals surface area contributed by atoms with Crippen molar-refractivity contribution in [2.75, 3.05) is 0 Å². The van der Waals surface area contributed by atoms with Crippen LogP contribution in [0.5, 0.6) is 0 Å². The summed E-state index contributed by atoms with van der Waals surface area (Å²) in [5.41, 5.74) is 9.65. The van der Waals surface area contributed by atoms with E-state index >= 15 is 0 Å². The maximum Gasteiger partial charge on any atom is 0.236 e. The number of benzene rings is 4.